The molecule has 0 aliphatic carbocycles. The molecule has 0 aromatic carbocycles. The molecule has 1 aliphatic heterocycles. The Morgan fingerprint density at radius 1 is 1.42 bits per heavy atom. The first-order valence-electron chi connectivity index (χ1n) is 6.32. The molecular formula is C12H16N6O. The summed E-state index contributed by atoms with van der Waals surface area (Å²) in [4.78, 5) is 18.3. The first kappa shape index (κ1) is 11.8. The average molecular weight is 260 g/mol. The lowest BCUT2D eigenvalue weighted by Gasteiger charge is -2.15. The normalized spacial score (nSPS) is 15.1. The molecule has 0 saturated carbocycles. The van der Waals surface area contributed by atoms with Crippen LogP contribution in [0.15, 0.2) is 12.3 Å². The number of nitrogens with zero attached hydrogens (tertiary/aromatic N) is 4. The van der Waals surface area contributed by atoms with Crippen molar-refractivity contribution in [3.05, 3.63) is 17.8 Å². The van der Waals surface area contributed by atoms with Crippen LogP contribution in [0.1, 0.15) is 23.2 Å². The highest BCUT2D eigenvalue weighted by Gasteiger charge is 2.20. The number of nitrogens with one attached hydrogen (secondary N) is 1. The largest absolute Gasteiger partial charge is 0.371 e. The van der Waals surface area contributed by atoms with Crippen LogP contribution in [0, 0.1) is 0 Å². The summed E-state index contributed by atoms with van der Waals surface area (Å²) in [5, 5.41) is 7.11. The van der Waals surface area contributed by atoms with Crippen LogP contribution in [0.4, 0.5) is 11.6 Å². The fourth-order valence-electron chi connectivity index (χ4n) is 2.44. The number of hydrogen-bond acceptors (Lipinski definition) is 5. The van der Waals surface area contributed by atoms with Gasteiger partial charge in [-0.2, -0.15) is 0 Å². The van der Waals surface area contributed by atoms with Gasteiger partial charge in [-0.3, -0.25) is 4.79 Å². The summed E-state index contributed by atoms with van der Waals surface area (Å²) in [5.41, 5.74) is 6.26. The molecule has 3 N–H and O–H groups in total. The number of fused-ring (bicyclic) bond motifs is 1. The van der Waals surface area contributed by atoms with E-state index in [4.69, 9.17) is 5.73 Å². The molecule has 0 radical (unpaired) electrons. The molecule has 3 heterocycles. The summed E-state index contributed by atoms with van der Waals surface area (Å²) in [7, 11) is 1.70. The minimum atomic E-state index is -0.523. The second-order valence-corrected chi connectivity index (χ2v) is 4.59. The summed E-state index contributed by atoms with van der Waals surface area (Å²) in [6.45, 7) is 2.00. The second kappa shape index (κ2) is 4.42. The van der Waals surface area contributed by atoms with E-state index in [1.54, 1.807) is 11.6 Å². The van der Waals surface area contributed by atoms with Crippen LogP contribution in [-0.2, 0) is 0 Å². The standard InChI is InChI=1S/C12H16N6O/c1-14-11-9(10(13)19)12-15-8(4-7-18(12)16-11)17-5-2-3-6-17/h4,7H,2-3,5-6H2,1H3,(H2,13,19)(H,14,16). The quantitative estimate of drug-likeness (QED) is 0.837. The smallest absolute Gasteiger partial charge is 0.256 e. The van der Waals surface area contributed by atoms with E-state index in [1.807, 2.05) is 12.3 Å². The molecule has 1 saturated heterocycles. The van der Waals surface area contributed by atoms with Crippen molar-refractivity contribution in [3.63, 3.8) is 0 Å². The van der Waals surface area contributed by atoms with Gasteiger partial charge >= 0.3 is 0 Å². The van der Waals surface area contributed by atoms with Crippen LogP contribution in [-0.4, -0.2) is 40.6 Å². The van der Waals surface area contributed by atoms with E-state index in [2.05, 4.69) is 20.3 Å². The molecule has 1 fully saturated rings. The van der Waals surface area contributed by atoms with E-state index in [-0.39, 0.29) is 0 Å². The average Bonchev–Trinajstić information content (AvgIpc) is 3.04. The van der Waals surface area contributed by atoms with Crippen LogP contribution < -0.4 is 16.0 Å². The van der Waals surface area contributed by atoms with Gasteiger partial charge < -0.3 is 16.0 Å². The zero-order valence-electron chi connectivity index (χ0n) is 10.8. The van der Waals surface area contributed by atoms with Crippen molar-refractivity contribution in [1.29, 1.82) is 0 Å². The van der Waals surface area contributed by atoms with Crippen molar-refractivity contribution in [2.24, 2.45) is 5.73 Å². The number of hydrogen-bond donors (Lipinski definition) is 2. The Hall–Kier alpha value is -2.31. The van der Waals surface area contributed by atoms with Crippen LogP contribution in [0.3, 0.4) is 0 Å². The number of primary amides is 1. The summed E-state index contributed by atoms with van der Waals surface area (Å²) in [6.07, 6.45) is 4.16. The molecule has 0 spiro atoms. The van der Waals surface area contributed by atoms with Gasteiger partial charge in [0, 0.05) is 26.3 Å². The molecule has 7 heteroatoms. The maximum absolute atomic E-state index is 11.6. The number of carbonyl (C=O) groups excluding carboxylic acids is 1. The Kier molecular flexibility index (Phi) is 2.73. The van der Waals surface area contributed by atoms with Crippen molar-refractivity contribution < 1.29 is 4.79 Å². The van der Waals surface area contributed by atoms with E-state index in [0.717, 1.165) is 18.9 Å². The number of anilines is 2. The Morgan fingerprint density at radius 3 is 2.79 bits per heavy atom. The lowest BCUT2D eigenvalue weighted by atomic mass is 10.3. The van der Waals surface area contributed by atoms with Crippen molar-refractivity contribution in [3.8, 4) is 0 Å². The zero-order chi connectivity index (χ0) is 13.4. The molecule has 3 rings (SSSR count). The van der Waals surface area contributed by atoms with Crippen molar-refractivity contribution in [2.45, 2.75) is 12.8 Å². The first-order valence-corrected chi connectivity index (χ1v) is 6.32. The number of rotatable bonds is 3. The van der Waals surface area contributed by atoms with Crippen LogP contribution in [0.2, 0.25) is 0 Å². The lowest BCUT2D eigenvalue weighted by molar-refractivity contribution is 0.100. The first-order chi connectivity index (χ1) is 9.20. The minimum absolute atomic E-state index is 0.337. The lowest BCUT2D eigenvalue weighted by Crippen LogP contribution is -2.19. The van der Waals surface area contributed by atoms with Crippen molar-refractivity contribution in [2.75, 3.05) is 30.4 Å². The third kappa shape index (κ3) is 1.87. The highest BCUT2D eigenvalue weighted by molar-refractivity contribution is 6.03. The molecule has 19 heavy (non-hydrogen) atoms. The molecule has 2 aromatic rings. The van der Waals surface area contributed by atoms with Gasteiger partial charge in [0.1, 0.15) is 11.4 Å². The van der Waals surface area contributed by atoms with Gasteiger partial charge in [-0.05, 0) is 18.9 Å². The third-order valence-corrected chi connectivity index (χ3v) is 3.38. The number of nitrogens with two attached hydrogens (primary N) is 1. The van der Waals surface area contributed by atoms with Gasteiger partial charge in [0.05, 0.1) is 0 Å². The topological polar surface area (TPSA) is 88.6 Å². The van der Waals surface area contributed by atoms with E-state index in [1.165, 1.54) is 12.8 Å². The molecule has 7 nitrogen and oxygen atoms in total. The highest BCUT2D eigenvalue weighted by atomic mass is 16.1. The molecule has 1 amide bonds. The maximum Gasteiger partial charge on any atom is 0.256 e. The van der Waals surface area contributed by atoms with Crippen molar-refractivity contribution in [1.82, 2.24) is 14.6 Å². The summed E-state index contributed by atoms with van der Waals surface area (Å²) in [5.74, 6) is 0.805. The molecular weight excluding hydrogens is 244 g/mol. The predicted molar refractivity (Wildman–Crippen MR) is 72.5 cm³/mol. The molecule has 0 unspecified atom stereocenters. The summed E-state index contributed by atoms with van der Waals surface area (Å²) in [6, 6.07) is 1.91. The maximum atomic E-state index is 11.6. The molecule has 100 valence electrons. The van der Waals surface area contributed by atoms with E-state index in [9.17, 15) is 4.79 Å². The van der Waals surface area contributed by atoms with Crippen LogP contribution in [0.25, 0.3) is 5.65 Å². The Bertz CT molecular complexity index is 628. The predicted octanol–water partition coefficient (Wildman–Crippen LogP) is 0.470. The molecule has 0 bridgehead atoms. The zero-order valence-corrected chi connectivity index (χ0v) is 10.8. The minimum Gasteiger partial charge on any atom is -0.371 e. The Balaban J connectivity index is 2.14. The molecule has 2 aromatic heterocycles. The summed E-state index contributed by atoms with van der Waals surface area (Å²) < 4.78 is 1.57. The molecule has 1 aliphatic rings. The second-order valence-electron chi connectivity index (χ2n) is 4.59. The fraction of sp³-hybridized carbons (Fsp3) is 0.417. The number of carbonyl (C=O) groups is 1. The van der Waals surface area contributed by atoms with E-state index in [0.29, 0.717) is 17.0 Å². The van der Waals surface area contributed by atoms with E-state index < -0.39 is 5.91 Å². The Morgan fingerprint density at radius 2 is 2.16 bits per heavy atom. The van der Waals surface area contributed by atoms with Gasteiger partial charge in [0.25, 0.3) is 5.91 Å². The van der Waals surface area contributed by atoms with Crippen LogP contribution >= 0.6 is 0 Å². The van der Waals surface area contributed by atoms with Crippen LogP contribution in [0.5, 0.6) is 0 Å². The van der Waals surface area contributed by atoms with Gasteiger partial charge in [0.2, 0.25) is 0 Å². The van der Waals surface area contributed by atoms with E-state index >= 15 is 0 Å². The van der Waals surface area contributed by atoms with Gasteiger partial charge in [-0.1, -0.05) is 0 Å². The highest BCUT2D eigenvalue weighted by Crippen LogP contribution is 2.22. The summed E-state index contributed by atoms with van der Waals surface area (Å²) >= 11 is 0. The number of amides is 1. The monoisotopic (exact) mass is 260 g/mol. The van der Waals surface area contributed by atoms with Gasteiger partial charge in [-0.15, -0.1) is 5.10 Å². The SMILES string of the molecule is CNc1nn2ccc(N3CCCC3)nc2c1C(N)=O. The van der Waals surface area contributed by atoms with Gasteiger partial charge in [-0.25, -0.2) is 9.50 Å². The Labute approximate surface area is 110 Å². The fourth-order valence-corrected chi connectivity index (χ4v) is 2.44. The third-order valence-electron chi connectivity index (χ3n) is 3.38. The van der Waals surface area contributed by atoms with Crippen molar-refractivity contribution >= 4 is 23.2 Å². The molecule has 0 atom stereocenters. The van der Waals surface area contributed by atoms with Gasteiger partial charge in [0.15, 0.2) is 11.5 Å². The number of aromatic nitrogens is 3.